The summed E-state index contributed by atoms with van der Waals surface area (Å²) >= 11 is 1.63. The molecule has 3 rings (SSSR count). The molecule has 0 aliphatic carbocycles. The van der Waals surface area contributed by atoms with Gasteiger partial charge in [-0.25, -0.2) is 4.98 Å². The van der Waals surface area contributed by atoms with Gasteiger partial charge in [0.1, 0.15) is 5.76 Å². The normalized spacial score (nSPS) is 12.1. The first-order chi connectivity index (χ1) is 12.5. The Morgan fingerprint density at radius 1 is 1.22 bits per heavy atom. The smallest absolute Gasteiger partial charge is 0.191 e. The van der Waals surface area contributed by atoms with E-state index in [4.69, 9.17) is 9.15 Å². The van der Waals surface area contributed by atoms with Crippen molar-refractivity contribution in [3.63, 3.8) is 0 Å². The molecule has 0 aliphatic rings. The second-order valence-corrected chi connectivity index (χ2v) is 7.53. The third-order valence-electron chi connectivity index (χ3n) is 4.05. The van der Waals surface area contributed by atoms with E-state index in [1.54, 1.807) is 25.5 Å². The largest absolute Gasteiger partial charge is 0.457 e. The molecule has 0 saturated carbocycles. The number of nitrogens with one attached hydrogen (secondary N) is 2. The second-order valence-electron chi connectivity index (χ2n) is 6.50. The van der Waals surface area contributed by atoms with Crippen LogP contribution in [0.25, 0.3) is 21.0 Å². The van der Waals surface area contributed by atoms with E-state index in [2.05, 4.69) is 26.7 Å². The van der Waals surface area contributed by atoms with Crippen molar-refractivity contribution in [2.45, 2.75) is 26.0 Å². The lowest BCUT2D eigenvalue weighted by atomic mass is 10.1. The Bertz CT molecular complexity index is 871. The molecule has 2 heterocycles. The van der Waals surface area contributed by atoms with Gasteiger partial charge in [0, 0.05) is 20.7 Å². The molecule has 27 heavy (non-hydrogen) atoms. The summed E-state index contributed by atoms with van der Waals surface area (Å²) in [6.45, 7) is 5.23. The molecule has 0 fully saturated rings. The molecule has 2 N–H and O–H groups in total. The summed E-state index contributed by atoms with van der Waals surface area (Å²) < 4.78 is 12.5. The molecule has 0 atom stereocenters. The molecule has 3 aromatic rings. The number of furan rings is 1. The predicted molar refractivity (Wildman–Crippen MR) is 122 cm³/mol. The number of aliphatic imine (C=N–C) groups is 1. The van der Waals surface area contributed by atoms with Gasteiger partial charge in [0.15, 0.2) is 16.7 Å². The minimum atomic E-state index is -0.262. The van der Waals surface area contributed by atoms with E-state index in [0.29, 0.717) is 19.0 Å². The maximum atomic E-state index is 5.94. The first-order valence-corrected chi connectivity index (χ1v) is 9.27. The number of guanidine groups is 1. The van der Waals surface area contributed by atoms with Crippen molar-refractivity contribution in [1.29, 1.82) is 0 Å². The first-order valence-electron chi connectivity index (χ1n) is 8.45. The first kappa shape index (κ1) is 21.6. The Kier molecular flexibility index (Phi) is 7.63. The van der Waals surface area contributed by atoms with Gasteiger partial charge in [0.25, 0.3) is 0 Å². The van der Waals surface area contributed by atoms with Crippen molar-refractivity contribution in [2.24, 2.45) is 4.99 Å². The van der Waals surface area contributed by atoms with Crippen molar-refractivity contribution < 1.29 is 9.15 Å². The minimum Gasteiger partial charge on any atom is -0.457 e. The van der Waals surface area contributed by atoms with E-state index in [-0.39, 0.29) is 29.6 Å². The number of benzene rings is 1. The molecule has 2 aromatic heterocycles. The number of hydrogen-bond donors (Lipinski definition) is 2. The van der Waals surface area contributed by atoms with E-state index < -0.39 is 0 Å². The highest BCUT2D eigenvalue weighted by molar-refractivity contribution is 14.0. The van der Waals surface area contributed by atoms with E-state index in [1.807, 2.05) is 44.2 Å². The van der Waals surface area contributed by atoms with Gasteiger partial charge in [-0.15, -0.1) is 35.3 Å². The van der Waals surface area contributed by atoms with E-state index >= 15 is 0 Å². The van der Waals surface area contributed by atoms with Gasteiger partial charge in [-0.1, -0.05) is 12.1 Å². The van der Waals surface area contributed by atoms with E-state index in [9.17, 15) is 0 Å². The lowest BCUT2D eigenvalue weighted by molar-refractivity contribution is 0.0268. The van der Waals surface area contributed by atoms with Crippen LogP contribution in [-0.4, -0.2) is 37.2 Å². The van der Waals surface area contributed by atoms with E-state index in [1.165, 1.54) is 0 Å². The van der Waals surface area contributed by atoms with Gasteiger partial charge < -0.3 is 19.8 Å². The molecule has 146 valence electrons. The summed E-state index contributed by atoms with van der Waals surface area (Å²) in [4.78, 5) is 8.85. The summed E-state index contributed by atoms with van der Waals surface area (Å²) in [7, 11) is 3.44. The standard InChI is InChI=1S/C19H24N4O2S.HI/c1-19(2,24-4)12-22-18(20-3)21-11-13-9-10-15(25-13)17-23-14-7-5-6-8-16(14)26-17;/h5-10H,11-12H2,1-4H3,(H2,20,21,22);1H. The van der Waals surface area contributed by atoms with Crippen molar-refractivity contribution in [2.75, 3.05) is 20.7 Å². The molecule has 6 nitrogen and oxygen atoms in total. The van der Waals surface area contributed by atoms with Crippen LogP contribution in [0.1, 0.15) is 19.6 Å². The van der Waals surface area contributed by atoms with Crippen LogP contribution in [0.4, 0.5) is 0 Å². The molecular formula is C19H25IN4O2S. The molecule has 8 heteroatoms. The van der Waals surface area contributed by atoms with Crippen LogP contribution in [0.2, 0.25) is 0 Å². The third-order valence-corrected chi connectivity index (χ3v) is 5.11. The zero-order valence-electron chi connectivity index (χ0n) is 15.9. The highest BCUT2D eigenvalue weighted by Gasteiger charge is 2.16. The van der Waals surface area contributed by atoms with Crippen LogP contribution >= 0.6 is 35.3 Å². The average molecular weight is 500 g/mol. The number of methoxy groups -OCH3 is 1. The molecule has 0 amide bonds. The summed E-state index contributed by atoms with van der Waals surface area (Å²) in [5.41, 5.74) is 0.733. The molecule has 0 aliphatic heterocycles. The van der Waals surface area contributed by atoms with Crippen LogP contribution in [0.3, 0.4) is 0 Å². The summed E-state index contributed by atoms with van der Waals surface area (Å²) in [6.07, 6.45) is 0. The van der Waals surface area contributed by atoms with Crippen LogP contribution in [0, 0.1) is 0 Å². The van der Waals surface area contributed by atoms with Gasteiger partial charge in [0.2, 0.25) is 0 Å². The SMILES string of the molecule is CN=C(NCc1ccc(-c2nc3ccccc3s2)o1)NCC(C)(C)OC.I. The third kappa shape index (κ3) is 5.66. The number of nitrogens with zero attached hydrogens (tertiary/aromatic N) is 2. The zero-order chi connectivity index (χ0) is 18.6. The van der Waals surface area contributed by atoms with Crippen LogP contribution in [0.15, 0.2) is 45.8 Å². The maximum Gasteiger partial charge on any atom is 0.191 e. The number of thiazole rings is 1. The van der Waals surface area contributed by atoms with Crippen LogP contribution in [0.5, 0.6) is 0 Å². The molecule has 0 bridgehead atoms. The summed E-state index contributed by atoms with van der Waals surface area (Å²) in [5.74, 6) is 2.31. The predicted octanol–water partition coefficient (Wildman–Crippen LogP) is 4.26. The van der Waals surface area contributed by atoms with Gasteiger partial charge >= 0.3 is 0 Å². The number of rotatable bonds is 6. The fourth-order valence-corrected chi connectivity index (χ4v) is 3.25. The molecule has 0 unspecified atom stereocenters. The number of aromatic nitrogens is 1. The Morgan fingerprint density at radius 2 is 2.00 bits per heavy atom. The van der Waals surface area contributed by atoms with Gasteiger partial charge in [0.05, 0.1) is 22.4 Å². The lowest BCUT2D eigenvalue weighted by Gasteiger charge is -2.24. The van der Waals surface area contributed by atoms with Crippen molar-refractivity contribution >= 4 is 51.5 Å². The summed E-state index contributed by atoms with van der Waals surface area (Å²) in [5, 5.41) is 7.39. The Morgan fingerprint density at radius 3 is 2.70 bits per heavy atom. The fraction of sp³-hybridized carbons (Fsp3) is 0.368. The maximum absolute atomic E-state index is 5.94. The molecule has 0 radical (unpaired) electrons. The number of halogens is 1. The zero-order valence-corrected chi connectivity index (χ0v) is 19.1. The van der Waals surface area contributed by atoms with Crippen LogP contribution in [-0.2, 0) is 11.3 Å². The van der Waals surface area contributed by atoms with Crippen molar-refractivity contribution in [3.8, 4) is 10.8 Å². The lowest BCUT2D eigenvalue weighted by Crippen LogP contribution is -2.45. The van der Waals surface area contributed by atoms with Crippen molar-refractivity contribution in [3.05, 3.63) is 42.2 Å². The Labute approximate surface area is 180 Å². The molecular weight excluding hydrogens is 475 g/mol. The highest BCUT2D eigenvalue weighted by atomic mass is 127. The minimum absolute atomic E-state index is 0. The number of ether oxygens (including phenoxy) is 1. The van der Waals surface area contributed by atoms with Gasteiger partial charge in [-0.3, -0.25) is 4.99 Å². The quantitative estimate of drug-likeness (QED) is 0.301. The summed E-state index contributed by atoms with van der Waals surface area (Å²) in [6, 6.07) is 12.0. The van der Waals surface area contributed by atoms with Crippen LogP contribution < -0.4 is 10.6 Å². The topological polar surface area (TPSA) is 71.7 Å². The second kappa shape index (κ2) is 9.52. The van der Waals surface area contributed by atoms with Gasteiger partial charge in [-0.05, 0) is 38.1 Å². The number of fused-ring (bicyclic) bond motifs is 1. The van der Waals surface area contributed by atoms with E-state index in [0.717, 1.165) is 26.7 Å². The van der Waals surface area contributed by atoms with Crippen molar-refractivity contribution in [1.82, 2.24) is 15.6 Å². The average Bonchev–Trinajstić information content (AvgIpc) is 3.28. The van der Waals surface area contributed by atoms with Gasteiger partial charge in [-0.2, -0.15) is 0 Å². The monoisotopic (exact) mass is 500 g/mol. The number of para-hydroxylation sites is 1. The Hall–Kier alpha value is -1.65. The Balaban J connectivity index is 0.00000261. The molecule has 0 spiro atoms. The highest BCUT2D eigenvalue weighted by Crippen LogP contribution is 2.31. The fourth-order valence-electron chi connectivity index (χ4n) is 2.33. The number of hydrogen-bond acceptors (Lipinski definition) is 5. The molecule has 1 aromatic carbocycles. The molecule has 0 saturated heterocycles.